The van der Waals surface area contributed by atoms with Crippen LogP contribution in [-0.2, 0) is 11.3 Å². The van der Waals surface area contributed by atoms with E-state index in [1.807, 2.05) is 39.0 Å². The Morgan fingerprint density at radius 1 is 1.36 bits per heavy atom. The quantitative estimate of drug-likeness (QED) is 0.740. The van der Waals surface area contributed by atoms with Crippen molar-refractivity contribution in [2.24, 2.45) is 0 Å². The number of carbonyl (C=O) groups excluding carboxylic acids is 2. The van der Waals surface area contributed by atoms with Crippen molar-refractivity contribution in [2.75, 3.05) is 6.61 Å². The molecular formula is C19H29N3O3. The zero-order valence-electron chi connectivity index (χ0n) is 15.3. The number of carbonyl (C=O) groups is 2. The lowest BCUT2D eigenvalue weighted by Gasteiger charge is -2.27. The molecule has 1 aliphatic rings. The van der Waals surface area contributed by atoms with Gasteiger partial charge in [0.15, 0.2) is 0 Å². The second-order valence-electron chi connectivity index (χ2n) is 6.71. The molecule has 3 amide bonds. The van der Waals surface area contributed by atoms with Crippen LogP contribution in [0.4, 0.5) is 4.79 Å². The van der Waals surface area contributed by atoms with E-state index in [1.165, 1.54) is 0 Å². The third kappa shape index (κ3) is 6.38. The molecule has 25 heavy (non-hydrogen) atoms. The predicted molar refractivity (Wildman–Crippen MR) is 97.5 cm³/mol. The summed E-state index contributed by atoms with van der Waals surface area (Å²) in [5.74, 6) is -0.0863. The van der Waals surface area contributed by atoms with Gasteiger partial charge < -0.3 is 20.7 Å². The average Bonchev–Trinajstić information content (AvgIpc) is 2.60. The summed E-state index contributed by atoms with van der Waals surface area (Å²) in [5, 5.41) is 8.78. The van der Waals surface area contributed by atoms with Crippen LogP contribution in [0.3, 0.4) is 0 Å². The molecule has 2 rings (SSSR count). The number of ether oxygens (including phenoxy) is 1. The smallest absolute Gasteiger partial charge is 0.315 e. The molecule has 0 bridgehead atoms. The lowest BCUT2D eigenvalue weighted by Crippen LogP contribution is -2.45. The zero-order valence-corrected chi connectivity index (χ0v) is 15.3. The summed E-state index contributed by atoms with van der Waals surface area (Å²) in [6.07, 6.45) is 2.74. The minimum atomic E-state index is -0.187. The average molecular weight is 347 g/mol. The van der Waals surface area contributed by atoms with Crippen LogP contribution >= 0.6 is 0 Å². The number of hydrogen-bond donors (Lipinski definition) is 3. The van der Waals surface area contributed by atoms with Crippen molar-refractivity contribution < 1.29 is 14.3 Å². The molecule has 0 saturated carbocycles. The van der Waals surface area contributed by atoms with Crippen LogP contribution in [0.5, 0.6) is 0 Å². The zero-order chi connectivity index (χ0) is 18.2. The van der Waals surface area contributed by atoms with Crippen LogP contribution in [0.1, 0.15) is 56.0 Å². The van der Waals surface area contributed by atoms with Crippen molar-refractivity contribution in [1.82, 2.24) is 16.0 Å². The van der Waals surface area contributed by atoms with Crippen LogP contribution in [0.2, 0.25) is 0 Å². The summed E-state index contributed by atoms with van der Waals surface area (Å²) >= 11 is 0. The van der Waals surface area contributed by atoms with Gasteiger partial charge in [-0.1, -0.05) is 19.1 Å². The van der Waals surface area contributed by atoms with Gasteiger partial charge in [0.2, 0.25) is 0 Å². The molecule has 1 aromatic carbocycles. The highest BCUT2D eigenvalue weighted by atomic mass is 16.5. The van der Waals surface area contributed by atoms with Crippen LogP contribution in [-0.4, -0.2) is 36.7 Å². The number of hydrogen-bond acceptors (Lipinski definition) is 3. The maximum absolute atomic E-state index is 12.2. The fourth-order valence-corrected chi connectivity index (χ4v) is 2.78. The molecule has 0 aliphatic carbocycles. The SMILES string of the molecule is CCC(C)NC(=O)c1cccc(CNC(=O)NC2CCOC(C)C2)c1. The summed E-state index contributed by atoms with van der Waals surface area (Å²) in [7, 11) is 0. The molecule has 138 valence electrons. The van der Waals surface area contributed by atoms with Crippen LogP contribution in [0.25, 0.3) is 0 Å². The van der Waals surface area contributed by atoms with Crippen molar-refractivity contribution >= 4 is 11.9 Å². The minimum absolute atomic E-state index is 0.0863. The van der Waals surface area contributed by atoms with Gasteiger partial charge in [0.25, 0.3) is 5.91 Å². The molecular weight excluding hydrogens is 318 g/mol. The normalized spacial score (nSPS) is 21.2. The topological polar surface area (TPSA) is 79.5 Å². The third-order valence-electron chi connectivity index (χ3n) is 4.45. The van der Waals surface area contributed by atoms with Gasteiger partial charge in [-0.15, -0.1) is 0 Å². The molecule has 6 heteroatoms. The van der Waals surface area contributed by atoms with Crippen LogP contribution in [0.15, 0.2) is 24.3 Å². The van der Waals surface area contributed by atoms with Gasteiger partial charge in [0.1, 0.15) is 0 Å². The minimum Gasteiger partial charge on any atom is -0.378 e. The van der Waals surface area contributed by atoms with E-state index in [1.54, 1.807) is 6.07 Å². The first-order valence-electron chi connectivity index (χ1n) is 9.03. The Morgan fingerprint density at radius 3 is 2.88 bits per heavy atom. The molecule has 0 aromatic heterocycles. The summed E-state index contributed by atoms with van der Waals surface area (Å²) in [6.45, 7) is 7.09. The number of benzene rings is 1. The summed E-state index contributed by atoms with van der Waals surface area (Å²) in [5.41, 5.74) is 1.51. The van der Waals surface area contributed by atoms with Gasteiger partial charge in [-0.2, -0.15) is 0 Å². The standard InChI is InChI=1S/C19H29N3O3/c1-4-13(2)21-18(23)16-7-5-6-15(11-16)12-20-19(24)22-17-8-9-25-14(3)10-17/h5-7,11,13-14,17H,4,8-10,12H2,1-3H3,(H,21,23)(H2,20,22,24). The highest BCUT2D eigenvalue weighted by Crippen LogP contribution is 2.13. The first-order valence-corrected chi connectivity index (χ1v) is 9.03. The summed E-state index contributed by atoms with van der Waals surface area (Å²) < 4.78 is 5.48. The Morgan fingerprint density at radius 2 is 2.16 bits per heavy atom. The summed E-state index contributed by atoms with van der Waals surface area (Å²) in [4.78, 5) is 24.2. The Labute approximate surface area is 149 Å². The molecule has 0 spiro atoms. The monoisotopic (exact) mass is 347 g/mol. The molecule has 0 radical (unpaired) electrons. The lowest BCUT2D eigenvalue weighted by molar-refractivity contribution is 0.0154. The van der Waals surface area contributed by atoms with E-state index >= 15 is 0 Å². The van der Waals surface area contributed by atoms with E-state index in [0.29, 0.717) is 18.7 Å². The Bertz CT molecular complexity index is 591. The van der Waals surface area contributed by atoms with E-state index in [2.05, 4.69) is 16.0 Å². The first kappa shape index (κ1) is 19.2. The number of urea groups is 1. The molecule has 1 fully saturated rings. The number of rotatable bonds is 6. The largest absolute Gasteiger partial charge is 0.378 e. The Kier molecular flexibility index (Phi) is 7.25. The van der Waals surface area contributed by atoms with Crippen molar-refractivity contribution in [3.63, 3.8) is 0 Å². The number of nitrogens with one attached hydrogen (secondary N) is 3. The second-order valence-corrected chi connectivity index (χ2v) is 6.71. The molecule has 1 saturated heterocycles. The van der Waals surface area contributed by atoms with E-state index < -0.39 is 0 Å². The van der Waals surface area contributed by atoms with E-state index in [0.717, 1.165) is 24.8 Å². The Balaban J connectivity index is 1.83. The molecule has 3 unspecified atom stereocenters. The van der Waals surface area contributed by atoms with Crippen molar-refractivity contribution in [3.05, 3.63) is 35.4 Å². The van der Waals surface area contributed by atoms with Crippen LogP contribution < -0.4 is 16.0 Å². The van der Waals surface area contributed by atoms with Gasteiger partial charge in [-0.3, -0.25) is 4.79 Å². The van der Waals surface area contributed by atoms with Crippen molar-refractivity contribution in [3.8, 4) is 0 Å². The fourth-order valence-electron chi connectivity index (χ4n) is 2.78. The van der Waals surface area contributed by atoms with Crippen molar-refractivity contribution in [1.29, 1.82) is 0 Å². The molecule has 1 aromatic rings. The van der Waals surface area contributed by atoms with E-state index in [-0.39, 0.29) is 30.1 Å². The number of amides is 3. The van der Waals surface area contributed by atoms with Crippen molar-refractivity contribution in [2.45, 2.75) is 64.8 Å². The van der Waals surface area contributed by atoms with Gasteiger partial charge in [0.05, 0.1) is 6.10 Å². The third-order valence-corrected chi connectivity index (χ3v) is 4.45. The van der Waals surface area contributed by atoms with Gasteiger partial charge in [-0.05, 0) is 50.8 Å². The second kappa shape index (κ2) is 9.42. The molecule has 6 nitrogen and oxygen atoms in total. The first-order chi connectivity index (χ1) is 12.0. The van der Waals surface area contributed by atoms with E-state index in [4.69, 9.17) is 4.74 Å². The molecule has 3 N–H and O–H groups in total. The van der Waals surface area contributed by atoms with Crippen LogP contribution in [0, 0.1) is 0 Å². The van der Waals surface area contributed by atoms with Gasteiger partial charge in [-0.25, -0.2) is 4.79 Å². The Hall–Kier alpha value is -2.08. The molecule has 1 aliphatic heterocycles. The predicted octanol–water partition coefficient (Wildman–Crippen LogP) is 2.58. The van der Waals surface area contributed by atoms with E-state index in [9.17, 15) is 9.59 Å². The maximum Gasteiger partial charge on any atom is 0.315 e. The van der Waals surface area contributed by atoms with Gasteiger partial charge >= 0.3 is 6.03 Å². The molecule has 1 heterocycles. The molecule has 3 atom stereocenters. The maximum atomic E-state index is 12.2. The highest BCUT2D eigenvalue weighted by Gasteiger charge is 2.20. The summed E-state index contributed by atoms with van der Waals surface area (Å²) in [6, 6.07) is 7.43. The van der Waals surface area contributed by atoms with Gasteiger partial charge in [0, 0.05) is 30.8 Å². The lowest BCUT2D eigenvalue weighted by atomic mass is 10.0. The highest BCUT2D eigenvalue weighted by molar-refractivity contribution is 5.94. The fraction of sp³-hybridized carbons (Fsp3) is 0.579.